The summed E-state index contributed by atoms with van der Waals surface area (Å²) in [4.78, 5) is 14.6. The summed E-state index contributed by atoms with van der Waals surface area (Å²) >= 11 is 0. The molecule has 21 heavy (non-hydrogen) atoms. The fourth-order valence-electron chi connectivity index (χ4n) is 2.49. The topological polar surface area (TPSA) is 29.5 Å². The molecule has 1 aromatic carbocycles. The van der Waals surface area contributed by atoms with Crippen LogP contribution in [-0.2, 0) is 11.2 Å². The van der Waals surface area contributed by atoms with Gasteiger partial charge in [0.2, 0.25) is 5.91 Å². The summed E-state index contributed by atoms with van der Waals surface area (Å²) in [7, 11) is 1.66. The SMILES string of the molecule is CCC(C)N(C(=O)CCc1ccc(OC)cc1)C(C)CC. The molecule has 0 aliphatic rings. The lowest BCUT2D eigenvalue weighted by Gasteiger charge is -2.34. The van der Waals surface area contributed by atoms with Gasteiger partial charge in [0.05, 0.1) is 7.11 Å². The van der Waals surface area contributed by atoms with Crippen molar-refractivity contribution < 1.29 is 9.53 Å². The summed E-state index contributed by atoms with van der Waals surface area (Å²) in [5, 5.41) is 0. The molecule has 1 amide bonds. The van der Waals surface area contributed by atoms with E-state index in [1.807, 2.05) is 24.3 Å². The first-order valence-corrected chi connectivity index (χ1v) is 7.97. The Bertz CT molecular complexity index is 417. The summed E-state index contributed by atoms with van der Waals surface area (Å²) in [5.41, 5.74) is 1.18. The van der Waals surface area contributed by atoms with Gasteiger partial charge in [-0.1, -0.05) is 26.0 Å². The van der Waals surface area contributed by atoms with Gasteiger partial charge in [0.25, 0.3) is 0 Å². The monoisotopic (exact) mass is 291 g/mol. The van der Waals surface area contributed by atoms with Crippen LogP contribution in [-0.4, -0.2) is 30.0 Å². The van der Waals surface area contributed by atoms with Crippen molar-refractivity contribution in [2.45, 2.75) is 65.5 Å². The van der Waals surface area contributed by atoms with E-state index in [1.54, 1.807) is 7.11 Å². The molecule has 0 spiro atoms. The molecular weight excluding hydrogens is 262 g/mol. The van der Waals surface area contributed by atoms with Crippen LogP contribution in [0.2, 0.25) is 0 Å². The van der Waals surface area contributed by atoms with Crippen LogP contribution in [0.3, 0.4) is 0 Å². The van der Waals surface area contributed by atoms with Crippen molar-refractivity contribution in [3.05, 3.63) is 29.8 Å². The largest absolute Gasteiger partial charge is 0.497 e. The quantitative estimate of drug-likeness (QED) is 0.723. The molecule has 2 unspecified atom stereocenters. The highest BCUT2D eigenvalue weighted by atomic mass is 16.5. The molecule has 0 saturated carbocycles. The number of rotatable bonds is 8. The Morgan fingerprint density at radius 1 is 1.10 bits per heavy atom. The van der Waals surface area contributed by atoms with E-state index in [-0.39, 0.29) is 5.91 Å². The summed E-state index contributed by atoms with van der Waals surface area (Å²) in [6.07, 6.45) is 3.35. The van der Waals surface area contributed by atoms with Crippen LogP contribution in [0, 0.1) is 0 Å². The average Bonchev–Trinajstić information content (AvgIpc) is 2.53. The van der Waals surface area contributed by atoms with Gasteiger partial charge in [-0.05, 0) is 50.8 Å². The van der Waals surface area contributed by atoms with Gasteiger partial charge >= 0.3 is 0 Å². The third-order valence-corrected chi connectivity index (χ3v) is 4.21. The first-order chi connectivity index (χ1) is 10.0. The third-order valence-electron chi connectivity index (χ3n) is 4.21. The predicted molar refractivity (Wildman–Crippen MR) is 87.7 cm³/mol. The number of ether oxygens (including phenoxy) is 1. The number of amides is 1. The summed E-state index contributed by atoms with van der Waals surface area (Å²) in [5.74, 6) is 1.11. The van der Waals surface area contributed by atoms with Crippen LogP contribution >= 0.6 is 0 Å². The number of aryl methyl sites for hydroxylation is 1. The molecule has 3 nitrogen and oxygen atoms in total. The standard InChI is InChI=1S/C18H29NO2/c1-6-14(3)19(15(4)7-2)18(20)13-10-16-8-11-17(21-5)12-9-16/h8-9,11-12,14-15H,6-7,10,13H2,1-5H3. The first-order valence-electron chi connectivity index (χ1n) is 7.97. The molecule has 0 radical (unpaired) electrons. The molecule has 2 atom stereocenters. The van der Waals surface area contributed by atoms with E-state index in [0.717, 1.165) is 25.0 Å². The first kappa shape index (κ1) is 17.5. The van der Waals surface area contributed by atoms with Crippen molar-refractivity contribution in [3.63, 3.8) is 0 Å². The van der Waals surface area contributed by atoms with E-state index >= 15 is 0 Å². The van der Waals surface area contributed by atoms with E-state index < -0.39 is 0 Å². The number of carbonyl (C=O) groups is 1. The number of hydrogen-bond donors (Lipinski definition) is 0. The Hall–Kier alpha value is -1.51. The Balaban J connectivity index is 2.64. The molecule has 0 aromatic heterocycles. The minimum atomic E-state index is 0.259. The third kappa shape index (κ3) is 5.07. The maximum Gasteiger partial charge on any atom is 0.223 e. The van der Waals surface area contributed by atoms with Crippen LogP contribution in [0.5, 0.6) is 5.75 Å². The van der Waals surface area contributed by atoms with Gasteiger partial charge in [0, 0.05) is 18.5 Å². The molecule has 0 N–H and O–H groups in total. The smallest absolute Gasteiger partial charge is 0.223 e. The second-order valence-corrected chi connectivity index (χ2v) is 5.66. The van der Waals surface area contributed by atoms with Gasteiger partial charge in [-0.25, -0.2) is 0 Å². The van der Waals surface area contributed by atoms with Crippen molar-refractivity contribution in [1.29, 1.82) is 0 Å². The van der Waals surface area contributed by atoms with Crippen molar-refractivity contribution in [3.8, 4) is 5.75 Å². The normalized spacial score (nSPS) is 13.6. The number of carbonyl (C=O) groups excluding carboxylic acids is 1. The highest BCUT2D eigenvalue weighted by molar-refractivity contribution is 5.77. The van der Waals surface area contributed by atoms with Gasteiger partial charge in [-0.2, -0.15) is 0 Å². The van der Waals surface area contributed by atoms with Crippen LogP contribution in [0.1, 0.15) is 52.5 Å². The van der Waals surface area contributed by atoms with Crippen LogP contribution in [0.15, 0.2) is 24.3 Å². The summed E-state index contributed by atoms with van der Waals surface area (Å²) in [6.45, 7) is 8.54. The van der Waals surface area contributed by atoms with Gasteiger partial charge in [0.1, 0.15) is 5.75 Å². The lowest BCUT2D eigenvalue weighted by atomic mass is 10.1. The van der Waals surface area contributed by atoms with Crippen molar-refractivity contribution >= 4 is 5.91 Å². The second kappa shape index (κ2) is 8.71. The Labute approximate surface area is 129 Å². The molecule has 0 fully saturated rings. The minimum Gasteiger partial charge on any atom is -0.497 e. The van der Waals surface area contributed by atoms with Gasteiger partial charge in [0.15, 0.2) is 0 Å². The number of hydrogen-bond acceptors (Lipinski definition) is 2. The molecular formula is C18H29NO2. The van der Waals surface area contributed by atoms with E-state index in [4.69, 9.17) is 4.74 Å². The summed E-state index contributed by atoms with van der Waals surface area (Å²) in [6, 6.07) is 8.57. The number of benzene rings is 1. The molecule has 0 aliphatic heterocycles. The zero-order valence-corrected chi connectivity index (χ0v) is 14.1. The molecule has 1 aromatic rings. The lowest BCUT2D eigenvalue weighted by Crippen LogP contribution is -2.44. The predicted octanol–water partition coefficient (Wildman–Crippen LogP) is 4.05. The van der Waals surface area contributed by atoms with E-state index in [0.29, 0.717) is 18.5 Å². The van der Waals surface area contributed by atoms with E-state index in [9.17, 15) is 4.79 Å². The number of nitrogens with zero attached hydrogens (tertiary/aromatic N) is 1. The van der Waals surface area contributed by atoms with Gasteiger partial charge < -0.3 is 9.64 Å². The number of methoxy groups -OCH3 is 1. The van der Waals surface area contributed by atoms with Crippen molar-refractivity contribution in [1.82, 2.24) is 4.90 Å². The fourth-order valence-corrected chi connectivity index (χ4v) is 2.49. The maximum atomic E-state index is 12.5. The molecule has 0 bridgehead atoms. The Morgan fingerprint density at radius 3 is 2.05 bits per heavy atom. The molecule has 1 rings (SSSR count). The van der Waals surface area contributed by atoms with Crippen molar-refractivity contribution in [2.75, 3.05) is 7.11 Å². The summed E-state index contributed by atoms with van der Waals surface area (Å²) < 4.78 is 5.15. The van der Waals surface area contributed by atoms with Crippen LogP contribution in [0.4, 0.5) is 0 Å². The molecule has 0 saturated heterocycles. The minimum absolute atomic E-state index is 0.259. The van der Waals surface area contributed by atoms with E-state index in [1.165, 1.54) is 5.56 Å². The van der Waals surface area contributed by atoms with Gasteiger partial charge in [-0.3, -0.25) is 4.79 Å². The van der Waals surface area contributed by atoms with Crippen LogP contribution in [0.25, 0.3) is 0 Å². The van der Waals surface area contributed by atoms with Crippen LogP contribution < -0.4 is 4.74 Å². The fraction of sp³-hybridized carbons (Fsp3) is 0.611. The Kier molecular flexibility index (Phi) is 7.27. The van der Waals surface area contributed by atoms with Gasteiger partial charge in [-0.15, -0.1) is 0 Å². The molecule has 0 heterocycles. The zero-order valence-electron chi connectivity index (χ0n) is 14.1. The average molecular weight is 291 g/mol. The maximum absolute atomic E-state index is 12.5. The zero-order chi connectivity index (χ0) is 15.8. The molecule has 118 valence electrons. The van der Waals surface area contributed by atoms with Crippen molar-refractivity contribution in [2.24, 2.45) is 0 Å². The Morgan fingerprint density at radius 2 is 1.62 bits per heavy atom. The highest BCUT2D eigenvalue weighted by Crippen LogP contribution is 2.16. The molecule has 3 heteroatoms. The molecule has 0 aliphatic carbocycles. The highest BCUT2D eigenvalue weighted by Gasteiger charge is 2.22. The second-order valence-electron chi connectivity index (χ2n) is 5.66. The van der Waals surface area contributed by atoms with E-state index in [2.05, 4.69) is 32.6 Å². The lowest BCUT2D eigenvalue weighted by molar-refractivity contribution is -0.135.